The standard InChI is InChI=1S/C15H17BrO2S/c1-9-5-10(2)19-15(9)14(16)11-6-12(17-3)8-13(7-11)18-4/h5-8,14H,1-4H3. The largest absolute Gasteiger partial charge is 0.497 e. The normalized spacial score (nSPS) is 12.3. The van der Waals surface area contributed by atoms with Crippen LogP contribution in [0.25, 0.3) is 0 Å². The van der Waals surface area contributed by atoms with Crippen molar-refractivity contribution in [2.24, 2.45) is 0 Å². The van der Waals surface area contributed by atoms with E-state index in [0.717, 1.165) is 17.1 Å². The lowest BCUT2D eigenvalue weighted by Gasteiger charge is -2.13. The van der Waals surface area contributed by atoms with Gasteiger partial charge in [0.05, 0.1) is 19.0 Å². The number of halogens is 1. The van der Waals surface area contributed by atoms with Gasteiger partial charge in [0.15, 0.2) is 0 Å². The summed E-state index contributed by atoms with van der Waals surface area (Å²) >= 11 is 5.60. The summed E-state index contributed by atoms with van der Waals surface area (Å²) in [5.41, 5.74) is 2.45. The first-order valence-electron chi connectivity index (χ1n) is 5.99. The van der Waals surface area contributed by atoms with Crippen molar-refractivity contribution in [3.05, 3.63) is 45.1 Å². The van der Waals surface area contributed by atoms with Gasteiger partial charge in [0.2, 0.25) is 0 Å². The number of ether oxygens (including phenoxy) is 2. The molecule has 1 heterocycles. The molecule has 2 aromatic rings. The second kappa shape index (κ2) is 5.97. The first-order chi connectivity index (χ1) is 9.05. The summed E-state index contributed by atoms with van der Waals surface area (Å²) in [6, 6.07) is 8.17. The minimum atomic E-state index is 0.162. The predicted octanol–water partition coefficient (Wildman–Crippen LogP) is 4.87. The number of hydrogen-bond acceptors (Lipinski definition) is 3. The quantitative estimate of drug-likeness (QED) is 0.739. The summed E-state index contributed by atoms with van der Waals surface area (Å²) in [4.78, 5) is 2.81. The van der Waals surface area contributed by atoms with Crippen LogP contribution in [-0.2, 0) is 0 Å². The molecule has 0 N–H and O–H groups in total. The van der Waals surface area contributed by atoms with Crippen molar-refractivity contribution in [2.75, 3.05) is 14.2 Å². The van der Waals surface area contributed by atoms with Crippen molar-refractivity contribution in [3.63, 3.8) is 0 Å². The molecule has 0 saturated heterocycles. The van der Waals surface area contributed by atoms with E-state index in [1.165, 1.54) is 15.3 Å². The molecule has 0 spiro atoms. The Balaban J connectivity index is 2.43. The van der Waals surface area contributed by atoms with Gasteiger partial charge < -0.3 is 9.47 Å². The maximum atomic E-state index is 5.32. The van der Waals surface area contributed by atoms with Crippen molar-refractivity contribution >= 4 is 27.3 Å². The number of aryl methyl sites for hydroxylation is 2. The molecule has 0 aliphatic rings. The highest BCUT2D eigenvalue weighted by atomic mass is 79.9. The van der Waals surface area contributed by atoms with Crippen LogP contribution < -0.4 is 9.47 Å². The van der Waals surface area contributed by atoms with Gasteiger partial charge in [-0.3, -0.25) is 0 Å². The van der Waals surface area contributed by atoms with Gasteiger partial charge in [-0.1, -0.05) is 15.9 Å². The Morgan fingerprint density at radius 1 is 1.00 bits per heavy atom. The third kappa shape index (κ3) is 3.12. The molecule has 1 atom stereocenters. The highest BCUT2D eigenvalue weighted by Gasteiger charge is 2.17. The van der Waals surface area contributed by atoms with E-state index < -0.39 is 0 Å². The first-order valence-corrected chi connectivity index (χ1v) is 7.72. The molecule has 1 aromatic heterocycles. The summed E-state index contributed by atoms with van der Waals surface area (Å²) in [6.07, 6.45) is 0. The Bertz CT molecular complexity index is 555. The Kier molecular flexibility index (Phi) is 4.53. The van der Waals surface area contributed by atoms with Gasteiger partial charge in [-0.05, 0) is 43.2 Å². The second-order valence-electron chi connectivity index (χ2n) is 4.41. The van der Waals surface area contributed by atoms with Crippen LogP contribution in [0.5, 0.6) is 11.5 Å². The SMILES string of the molecule is COc1cc(OC)cc(C(Br)c2sc(C)cc2C)c1. The number of thiophene rings is 1. The Morgan fingerprint density at radius 3 is 2.00 bits per heavy atom. The molecule has 19 heavy (non-hydrogen) atoms. The third-order valence-electron chi connectivity index (χ3n) is 2.98. The van der Waals surface area contributed by atoms with E-state index >= 15 is 0 Å². The minimum Gasteiger partial charge on any atom is -0.497 e. The minimum absolute atomic E-state index is 0.162. The zero-order valence-electron chi connectivity index (χ0n) is 11.5. The lowest BCUT2D eigenvalue weighted by molar-refractivity contribution is 0.393. The third-order valence-corrected chi connectivity index (χ3v) is 5.48. The molecular formula is C15H17BrO2S. The molecule has 1 unspecified atom stereocenters. The van der Waals surface area contributed by atoms with Gasteiger partial charge >= 0.3 is 0 Å². The Morgan fingerprint density at radius 2 is 1.58 bits per heavy atom. The van der Waals surface area contributed by atoms with Gasteiger partial charge in [0, 0.05) is 15.8 Å². The van der Waals surface area contributed by atoms with Gasteiger partial charge in [-0.15, -0.1) is 11.3 Å². The number of alkyl halides is 1. The van der Waals surface area contributed by atoms with Gasteiger partial charge in [0.25, 0.3) is 0 Å². The average Bonchev–Trinajstić information content (AvgIpc) is 2.76. The lowest BCUT2D eigenvalue weighted by Crippen LogP contribution is -1.95. The van der Waals surface area contributed by atoms with Gasteiger partial charge in [-0.25, -0.2) is 0 Å². The lowest BCUT2D eigenvalue weighted by atomic mass is 10.1. The summed E-state index contributed by atoms with van der Waals surface area (Å²) in [5.74, 6) is 1.62. The molecule has 2 rings (SSSR count). The van der Waals surface area contributed by atoms with Crippen molar-refractivity contribution in [3.8, 4) is 11.5 Å². The molecule has 102 valence electrons. The van der Waals surface area contributed by atoms with Crippen LogP contribution in [0.4, 0.5) is 0 Å². The molecule has 0 aliphatic carbocycles. The molecular weight excluding hydrogens is 324 g/mol. The van der Waals surface area contributed by atoms with E-state index in [2.05, 4.69) is 35.8 Å². The summed E-state index contributed by atoms with van der Waals surface area (Å²) in [6.45, 7) is 4.28. The number of hydrogen-bond donors (Lipinski definition) is 0. The number of methoxy groups -OCH3 is 2. The fourth-order valence-electron chi connectivity index (χ4n) is 2.04. The molecule has 4 heteroatoms. The van der Waals surface area contributed by atoms with Crippen molar-refractivity contribution in [1.82, 2.24) is 0 Å². The molecule has 0 amide bonds. The van der Waals surface area contributed by atoms with E-state index in [-0.39, 0.29) is 4.83 Å². The molecule has 2 nitrogen and oxygen atoms in total. The molecule has 0 aliphatic heterocycles. The summed E-state index contributed by atoms with van der Waals surface area (Å²) in [7, 11) is 3.34. The molecule has 0 saturated carbocycles. The van der Waals surface area contributed by atoms with Crippen LogP contribution in [0.15, 0.2) is 24.3 Å². The zero-order valence-corrected chi connectivity index (χ0v) is 13.9. The molecule has 0 bridgehead atoms. The maximum absolute atomic E-state index is 5.32. The van der Waals surface area contributed by atoms with E-state index in [1.807, 2.05) is 29.5 Å². The van der Waals surface area contributed by atoms with Crippen molar-refractivity contribution < 1.29 is 9.47 Å². The molecule has 0 radical (unpaired) electrons. The fourth-order valence-corrected chi connectivity index (χ4v) is 3.99. The van der Waals surface area contributed by atoms with Gasteiger partial charge in [0.1, 0.15) is 11.5 Å². The number of benzene rings is 1. The second-order valence-corrected chi connectivity index (χ2v) is 6.62. The Labute approximate surface area is 126 Å². The van der Waals surface area contributed by atoms with Crippen molar-refractivity contribution in [1.29, 1.82) is 0 Å². The smallest absolute Gasteiger partial charge is 0.122 e. The number of rotatable bonds is 4. The van der Waals surface area contributed by atoms with E-state index in [4.69, 9.17) is 9.47 Å². The van der Waals surface area contributed by atoms with Gasteiger partial charge in [-0.2, -0.15) is 0 Å². The van der Waals surface area contributed by atoms with E-state index in [1.54, 1.807) is 14.2 Å². The van der Waals surface area contributed by atoms with E-state index in [0.29, 0.717) is 0 Å². The summed E-state index contributed by atoms with van der Waals surface area (Å²) < 4.78 is 10.6. The summed E-state index contributed by atoms with van der Waals surface area (Å²) in [5, 5.41) is 0. The first kappa shape index (κ1) is 14.4. The highest BCUT2D eigenvalue weighted by molar-refractivity contribution is 9.09. The van der Waals surface area contributed by atoms with Crippen LogP contribution in [0.1, 0.15) is 25.7 Å². The fraction of sp³-hybridized carbons (Fsp3) is 0.333. The monoisotopic (exact) mass is 340 g/mol. The van der Waals surface area contributed by atoms with Crippen LogP contribution >= 0.6 is 27.3 Å². The topological polar surface area (TPSA) is 18.5 Å². The predicted molar refractivity (Wildman–Crippen MR) is 84.1 cm³/mol. The maximum Gasteiger partial charge on any atom is 0.122 e. The van der Waals surface area contributed by atoms with Crippen LogP contribution in [0.3, 0.4) is 0 Å². The van der Waals surface area contributed by atoms with Crippen LogP contribution in [0, 0.1) is 13.8 Å². The molecule has 1 aromatic carbocycles. The Hall–Kier alpha value is -1.00. The van der Waals surface area contributed by atoms with Crippen molar-refractivity contribution in [2.45, 2.75) is 18.7 Å². The van der Waals surface area contributed by atoms with Crippen LogP contribution in [-0.4, -0.2) is 14.2 Å². The van der Waals surface area contributed by atoms with E-state index in [9.17, 15) is 0 Å². The average molecular weight is 341 g/mol. The zero-order chi connectivity index (χ0) is 14.0. The molecule has 0 fully saturated rings. The highest BCUT2D eigenvalue weighted by Crippen LogP contribution is 2.40. The van der Waals surface area contributed by atoms with Crippen LogP contribution in [0.2, 0.25) is 0 Å².